The summed E-state index contributed by atoms with van der Waals surface area (Å²) in [6.07, 6.45) is 6.46. The molecule has 0 aromatic carbocycles. The predicted molar refractivity (Wildman–Crippen MR) is 70.2 cm³/mol. The van der Waals surface area contributed by atoms with Gasteiger partial charge in [-0.2, -0.15) is 0 Å². The van der Waals surface area contributed by atoms with Gasteiger partial charge in [0.25, 0.3) is 0 Å². The van der Waals surface area contributed by atoms with Crippen LogP contribution in [0.25, 0.3) is 0 Å². The van der Waals surface area contributed by atoms with Gasteiger partial charge in [-0.25, -0.2) is 0 Å². The molecule has 0 aromatic rings. The van der Waals surface area contributed by atoms with Crippen molar-refractivity contribution in [1.82, 2.24) is 5.32 Å². The number of alkyl halides is 1. The summed E-state index contributed by atoms with van der Waals surface area (Å²) >= 11 is 6.07. The molecule has 0 aliphatic carbocycles. The zero-order chi connectivity index (χ0) is 11.9. The maximum absolute atomic E-state index is 6.07. The first-order valence-corrected chi connectivity index (χ1v) is 7.18. The van der Waals surface area contributed by atoms with Crippen molar-refractivity contribution in [2.45, 2.75) is 52.1 Å². The Bertz CT molecular complexity index is 169. The van der Waals surface area contributed by atoms with Crippen molar-refractivity contribution in [2.24, 2.45) is 5.41 Å². The lowest BCUT2D eigenvalue weighted by Gasteiger charge is -2.31. The van der Waals surface area contributed by atoms with E-state index in [4.69, 9.17) is 16.3 Å². The first kappa shape index (κ1) is 14.3. The molecule has 16 heavy (non-hydrogen) atoms. The molecule has 1 N–H and O–H groups in total. The number of hydrogen-bond donors (Lipinski definition) is 1. The highest BCUT2D eigenvalue weighted by Gasteiger charge is 2.25. The molecule has 1 rings (SSSR count). The molecule has 1 aliphatic rings. The molecule has 1 heterocycles. The SMILES string of the molecule is CCC(CC)(CCl)CNCC1CCCCO1. The van der Waals surface area contributed by atoms with Crippen LogP contribution in [-0.4, -0.2) is 31.7 Å². The monoisotopic (exact) mass is 247 g/mol. The average molecular weight is 248 g/mol. The van der Waals surface area contributed by atoms with Crippen LogP contribution in [0.3, 0.4) is 0 Å². The van der Waals surface area contributed by atoms with Crippen LogP contribution in [0.15, 0.2) is 0 Å². The summed E-state index contributed by atoms with van der Waals surface area (Å²) in [7, 11) is 0. The van der Waals surface area contributed by atoms with Gasteiger partial charge in [0.05, 0.1) is 6.10 Å². The Balaban J connectivity index is 2.21. The Hall–Kier alpha value is 0.210. The van der Waals surface area contributed by atoms with Gasteiger partial charge in [0.2, 0.25) is 0 Å². The Morgan fingerprint density at radius 2 is 2.06 bits per heavy atom. The van der Waals surface area contributed by atoms with E-state index < -0.39 is 0 Å². The van der Waals surface area contributed by atoms with Crippen molar-refractivity contribution < 1.29 is 4.74 Å². The number of rotatable bonds is 7. The van der Waals surface area contributed by atoms with E-state index in [9.17, 15) is 0 Å². The molecule has 1 fully saturated rings. The summed E-state index contributed by atoms with van der Waals surface area (Å²) in [5.41, 5.74) is 0.274. The summed E-state index contributed by atoms with van der Waals surface area (Å²) < 4.78 is 5.70. The molecule has 1 aliphatic heterocycles. The van der Waals surface area contributed by atoms with E-state index in [1.807, 2.05) is 0 Å². The number of hydrogen-bond acceptors (Lipinski definition) is 2. The zero-order valence-electron chi connectivity index (χ0n) is 10.7. The second-order valence-electron chi connectivity index (χ2n) is 4.96. The van der Waals surface area contributed by atoms with E-state index in [2.05, 4.69) is 19.2 Å². The molecular weight excluding hydrogens is 222 g/mol. The van der Waals surface area contributed by atoms with Gasteiger partial charge in [0.1, 0.15) is 0 Å². The van der Waals surface area contributed by atoms with E-state index in [0.29, 0.717) is 6.10 Å². The Morgan fingerprint density at radius 1 is 1.31 bits per heavy atom. The van der Waals surface area contributed by atoms with Crippen LogP contribution in [-0.2, 0) is 4.74 Å². The molecule has 96 valence electrons. The molecule has 1 unspecified atom stereocenters. The zero-order valence-corrected chi connectivity index (χ0v) is 11.5. The standard InChI is InChI=1S/C13H26ClNO/c1-3-13(4-2,10-14)11-15-9-12-7-5-6-8-16-12/h12,15H,3-11H2,1-2H3. The number of nitrogens with one attached hydrogen (secondary N) is 1. The van der Waals surface area contributed by atoms with E-state index in [-0.39, 0.29) is 5.41 Å². The van der Waals surface area contributed by atoms with Crippen LogP contribution in [0.5, 0.6) is 0 Å². The summed E-state index contributed by atoms with van der Waals surface area (Å²) in [4.78, 5) is 0. The Labute approximate surface area is 105 Å². The lowest BCUT2D eigenvalue weighted by Crippen LogP contribution is -2.40. The quantitative estimate of drug-likeness (QED) is 0.698. The minimum Gasteiger partial charge on any atom is -0.377 e. The molecular formula is C13H26ClNO. The van der Waals surface area contributed by atoms with Crippen molar-refractivity contribution in [1.29, 1.82) is 0 Å². The van der Waals surface area contributed by atoms with Crippen molar-refractivity contribution >= 4 is 11.6 Å². The van der Waals surface area contributed by atoms with E-state index in [1.54, 1.807) is 0 Å². The Morgan fingerprint density at radius 3 is 2.56 bits per heavy atom. The van der Waals surface area contributed by atoms with Gasteiger partial charge in [0, 0.05) is 25.6 Å². The highest BCUT2D eigenvalue weighted by molar-refractivity contribution is 6.18. The molecule has 1 saturated heterocycles. The normalized spacial score (nSPS) is 22.3. The lowest BCUT2D eigenvalue weighted by molar-refractivity contribution is 0.0155. The fourth-order valence-corrected chi connectivity index (χ4v) is 2.68. The minimum absolute atomic E-state index is 0.274. The predicted octanol–water partition coefficient (Wildman–Crippen LogP) is 3.19. The first-order chi connectivity index (χ1) is 7.76. The third-order valence-corrected chi connectivity index (χ3v) is 4.50. The minimum atomic E-state index is 0.274. The first-order valence-electron chi connectivity index (χ1n) is 6.64. The Kier molecular flexibility index (Phi) is 6.71. The fraction of sp³-hybridized carbons (Fsp3) is 1.00. The van der Waals surface area contributed by atoms with Gasteiger partial charge < -0.3 is 10.1 Å². The van der Waals surface area contributed by atoms with Gasteiger partial charge in [-0.3, -0.25) is 0 Å². The fourth-order valence-electron chi connectivity index (χ4n) is 2.20. The second kappa shape index (κ2) is 7.52. The lowest BCUT2D eigenvalue weighted by atomic mass is 9.84. The van der Waals surface area contributed by atoms with E-state index in [0.717, 1.165) is 38.4 Å². The van der Waals surface area contributed by atoms with Crippen LogP contribution < -0.4 is 5.32 Å². The second-order valence-corrected chi connectivity index (χ2v) is 5.23. The van der Waals surface area contributed by atoms with Crippen LogP contribution in [0.4, 0.5) is 0 Å². The summed E-state index contributed by atoms with van der Waals surface area (Å²) in [5.74, 6) is 0.749. The average Bonchev–Trinajstić information content (AvgIpc) is 2.37. The summed E-state index contributed by atoms with van der Waals surface area (Å²) in [6, 6.07) is 0. The summed E-state index contributed by atoms with van der Waals surface area (Å²) in [5, 5.41) is 3.54. The smallest absolute Gasteiger partial charge is 0.0699 e. The van der Waals surface area contributed by atoms with Crippen LogP contribution in [0.1, 0.15) is 46.0 Å². The maximum Gasteiger partial charge on any atom is 0.0699 e. The van der Waals surface area contributed by atoms with E-state index >= 15 is 0 Å². The molecule has 0 radical (unpaired) electrons. The third-order valence-electron chi connectivity index (χ3n) is 3.93. The highest BCUT2D eigenvalue weighted by Crippen LogP contribution is 2.27. The van der Waals surface area contributed by atoms with Gasteiger partial charge >= 0.3 is 0 Å². The third kappa shape index (κ3) is 4.23. The molecule has 0 amide bonds. The van der Waals surface area contributed by atoms with Crippen LogP contribution >= 0.6 is 11.6 Å². The number of halogens is 1. The van der Waals surface area contributed by atoms with Gasteiger partial charge in [-0.15, -0.1) is 11.6 Å². The molecule has 3 heteroatoms. The molecule has 2 nitrogen and oxygen atoms in total. The molecule has 0 bridgehead atoms. The van der Waals surface area contributed by atoms with E-state index in [1.165, 1.54) is 19.3 Å². The van der Waals surface area contributed by atoms with Crippen LogP contribution in [0, 0.1) is 5.41 Å². The van der Waals surface area contributed by atoms with Crippen molar-refractivity contribution in [3.63, 3.8) is 0 Å². The van der Waals surface area contributed by atoms with Crippen LogP contribution in [0.2, 0.25) is 0 Å². The molecule has 0 aromatic heterocycles. The summed E-state index contributed by atoms with van der Waals surface area (Å²) in [6.45, 7) is 7.39. The molecule has 0 saturated carbocycles. The molecule has 1 atom stereocenters. The van der Waals surface area contributed by atoms with Crippen molar-refractivity contribution in [3.05, 3.63) is 0 Å². The van der Waals surface area contributed by atoms with Gasteiger partial charge in [-0.1, -0.05) is 13.8 Å². The van der Waals surface area contributed by atoms with Gasteiger partial charge in [-0.05, 0) is 37.5 Å². The number of ether oxygens (including phenoxy) is 1. The van der Waals surface area contributed by atoms with Crippen molar-refractivity contribution in [3.8, 4) is 0 Å². The molecule has 0 spiro atoms. The van der Waals surface area contributed by atoms with Gasteiger partial charge in [0.15, 0.2) is 0 Å². The largest absolute Gasteiger partial charge is 0.377 e. The highest BCUT2D eigenvalue weighted by atomic mass is 35.5. The topological polar surface area (TPSA) is 21.3 Å². The van der Waals surface area contributed by atoms with Crippen molar-refractivity contribution in [2.75, 3.05) is 25.6 Å². The maximum atomic E-state index is 6.07.